The smallest absolute Gasteiger partial charge is 0.139 e. The van der Waals surface area contributed by atoms with Gasteiger partial charge in [0.2, 0.25) is 0 Å². The predicted octanol–water partition coefficient (Wildman–Crippen LogP) is 1.87. The molecule has 0 saturated heterocycles. The topological polar surface area (TPSA) is 17.1 Å². The maximum atomic E-state index is 11.2. The molecule has 1 heteroatoms. The van der Waals surface area contributed by atoms with E-state index < -0.39 is 0 Å². The van der Waals surface area contributed by atoms with Crippen LogP contribution in [-0.2, 0) is 4.79 Å². The zero-order chi connectivity index (χ0) is 7.30. The summed E-state index contributed by atoms with van der Waals surface area (Å²) in [5.41, 5.74) is 0. The lowest BCUT2D eigenvalue weighted by molar-refractivity contribution is -0.146. The summed E-state index contributed by atoms with van der Waals surface area (Å²) < 4.78 is 0. The SMILES string of the molecule is CC1CC2CC(C2=O)C1C. The Balaban J connectivity index is 2.15. The number of fused-ring (bicyclic) bond motifs is 2. The van der Waals surface area contributed by atoms with Crippen LogP contribution in [0.15, 0.2) is 0 Å². The van der Waals surface area contributed by atoms with Crippen LogP contribution in [0.5, 0.6) is 0 Å². The highest BCUT2D eigenvalue weighted by Gasteiger charge is 2.48. The fourth-order valence-electron chi connectivity index (χ4n) is 2.43. The minimum Gasteiger partial charge on any atom is -0.299 e. The predicted molar refractivity (Wildman–Crippen MR) is 39.5 cm³/mol. The number of rotatable bonds is 0. The molecule has 0 aromatic heterocycles. The summed E-state index contributed by atoms with van der Waals surface area (Å²) in [5.74, 6) is 2.94. The zero-order valence-electron chi connectivity index (χ0n) is 6.63. The molecule has 1 nitrogen and oxygen atoms in total. The fraction of sp³-hybridized carbons (Fsp3) is 0.889. The summed E-state index contributed by atoms with van der Waals surface area (Å²) in [5, 5.41) is 0. The molecule has 2 bridgehead atoms. The molecule has 4 unspecified atom stereocenters. The maximum absolute atomic E-state index is 11.2. The molecule has 0 heterocycles. The Hall–Kier alpha value is -0.330. The summed E-state index contributed by atoms with van der Waals surface area (Å²) in [6.45, 7) is 4.50. The molecule has 0 amide bonds. The summed E-state index contributed by atoms with van der Waals surface area (Å²) in [7, 11) is 0. The lowest BCUT2D eigenvalue weighted by atomic mass is 9.56. The summed E-state index contributed by atoms with van der Waals surface area (Å²) in [6.07, 6.45) is 2.36. The van der Waals surface area contributed by atoms with Crippen LogP contribution in [0.25, 0.3) is 0 Å². The molecule has 3 saturated carbocycles. The zero-order valence-corrected chi connectivity index (χ0v) is 6.63. The second kappa shape index (κ2) is 1.84. The van der Waals surface area contributed by atoms with Crippen LogP contribution in [0, 0.1) is 23.7 Å². The van der Waals surface area contributed by atoms with Crippen molar-refractivity contribution >= 4 is 5.78 Å². The van der Waals surface area contributed by atoms with Crippen molar-refractivity contribution in [1.82, 2.24) is 0 Å². The van der Waals surface area contributed by atoms with E-state index in [2.05, 4.69) is 13.8 Å². The van der Waals surface area contributed by atoms with Gasteiger partial charge in [-0.3, -0.25) is 4.79 Å². The second-order valence-corrected chi connectivity index (χ2v) is 4.01. The van der Waals surface area contributed by atoms with Crippen molar-refractivity contribution in [3.8, 4) is 0 Å². The van der Waals surface area contributed by atoms with Gasteiger partial charge in [0.1, 0.15) is 5.78 Å². The highest BCUT2D eigenvalue weighted by atomic mass is 16.1. The van der Waals surface area contributed by atoms with Crippen LogP contribution in [-0.4, -0.2) is 5.78 Å². The van der Waals surface area contributed by atoms with Crippen molar-refractivity contribution in [1.29, 1.82) is 0 Å². The largest absolute Gasteiger partial charge is 0.299 e. The van der Waals surface area contributed by atoms with Crippen molar-refractivity contribution < 1.29 is 4.79 Å². The van der Waals surface area contributed by atoms with E-state index in [-0.39, 0.29) is 0 Å². The van der Waals surface area contributed by atoms with E-state index in [4.69, 9.17) is 0 Å². The van der Waals surface area contributed by atoms with Crippen LogP contribution in [0.2, 0.25) is 0 Å². The third-order valence-corrected chi connectivity index (χ3v) is 3.49. The van der Waals surface area contributed by atoms with Crippen LogP contribution in [0.4, 0.5) is 0 Å². The number of carbonyl (C=O) groups is 1. The molecule has 3 aliphatic rings. The minimum absolute atomic E-state index is 0.453. The monoisotopic (exact) mass is 138 g/mol. The van der Waals surface area contributed by atoms with Crippen molar-refractivity contribution in [3.63, 3.8) is 0 Å². The Labute approximate surface area is 61.8 Å². The summed E-state index contributed by atoms with van der Waals surface area (Å²) in [4.78, 5) is 11.2. The number of ketones is 1. The van der Waals surface area contributed by atoms with Crippen molar-refractivity contribution in [3.05, 3.63) is 0 Å². The molecule has 56 valence electrons. The number of hydrogen-bond donors (Lipinski definition) is 0. The fourth-order valence-corrected chi connectivity index (χ4v) is 2.43. The van der Waals surface area contributed by atoms with E-state index in [1.165, 1.54) is 6.42 Å². The average Bonchev–Trinajstić information content (AvgIpc) is 1.92. The lowest BCUT2D eigenvalue weighted by Gasteiger charge is -2.47. The molecule has 0 N–H and O–H groups in total. The molecular formula is C9H14O. The van der Waals surface area contributed by atoms with Gasteiger partial charge < -0.3 is 0 Å². The molecule has 10 heavy (non-hydrogen) atoms. The molecule has 0 aromatic rings. The highest BCUT2D eigenvalue weighted by molar-refractivity contribution is 5.90. The van der Waals surface area contributed by atoms with Crippen LogP contribution in [0.3, 0.4) is 0 Å². The third-order valence-electron chi connectivity index (χ3n) is 3.49. The van der Waals surface area contributed by atoms with E-state index in [1.807, 2.05) is 0 Å². The van der Waals surface area contributed by atoms with Gasteiger partial charge in [0.25, 0.3) is 0 Å². The molecule has 0 aliphatic heterocycles. The molecule has 0 radical (unpaired) electrons. The van der Waals surface area contributed by atoms with Gasteiger partial charge in [0.05, 0.1) is 0 Å². The minimum atomic E-state index is 0.453. The van der Waals surface area contributed by atoms with Crippen molar-refractivity contribution in [2.75, 3.05) is 0 Å². The number of Topliss-reactive ketones (excluding diaryl/α,β-unsaturated/α-hetero) is 1. The van der Waals surface area contributed by atoms with Crippen LogP contribution < -0.4 is 0 Å². The molecule has 3 fully saturated rings. The Kier molecular flexibility index (Phi) is 1.17. The van der Waals surface area contributed by atoms with Gasteiger partial charge in [-0.15, -0.1) is 0 Å². The molecule has 4 atom stereocenters. The van der Waals surface area contributed by atoms with Crippen molar-refractivity contribution in [2.45, 2.75) is 26.7 Å². The quantitative estimate of drug-likeness (QED) is 0.499. The maximum Gasteiger partial charge on any atom is 0.139 e. The Morgan fingerprint density at radius 1 is 1.30 bits per heavy atom. The van der Waals surface area contributed by atoms with E-state index in [0.29, 0.717) is 23.5 Å². The summed E-state index contributed by atoms with van der Waals surface area (Å²) in [6, 6.07) is 0. The first-order valence-electron chi connectivity index (χ1n) is 4.24. The summed E-state index contributed by atoms with van der Waals surface area (Å²) >= 11 is 0. The Morgan fingerprint density at radius 2 is 2.00 bits per heavy atom. The molecule has 3 aliphatic carbocycles. The normalized spacial score (nSPS) is 52.4. The first-order chi connectivity index (χ1) is 4.70. The lowest BCUT2D eigenvalue weighted by Crippen LogP contribution is -2.48. The van der Waals surface area contributed by atoms with Gasteiger partial charge in [-0.05, 0) is 24.7 Å². The van der Waals surface area contributed by atoms with Gasteiger partial charge in [0.15, 0.2) is 0 Å². The molecule has 0 spiro atoms. The standard InChI is InChI=1S/C9H14O/c1-5-3-7-4-8(6(5)2)9(7)10/h5-8H,3-4H2,1-2H3. The van der Waals surface area contributed by atoms with Gasteiger partial charge >= 0.3 is 0 Å². The first kappa shape index (κ1) is 6.38. The number of carbonyl (C=O) groups excluding carboxylic acids is 1. The molecule has 3 rings (SSSR count). The Bertz CT molecular complexity index is 174. The van der Waals surface area contributed by atoms with Crippen molar-refractivity contribution in [2.24, 2.45) is 23.7 Å². The van der Waals surface area contributed by atoms with Gasteiger partial charge in [-0.2, -0.15) is 0 Å². The first-order valence-corrected chi connectivity index (χ1v) is 4.24. The Morgan fingerprint density at radius 3 is 2.40 bits per heavy atom. The van der Waals surface area contributed by atoms with Crippen LogP contribution in [0.1, 0.15) is 26.7 Å². The van der Waals surface area contributed by atoms with E-state index in [9.17, 15) is 4.79 Å². The van der Waals surface area contributed by atoms with E-state index >= 15 is 0 Å². The number of hydrogen-bond acceptors (Lipinski definition) is 1. The third kappa shape index (κ3) is 0.609. The molecule has 0 aromatic carbocycles. The highest BCUT2D eigenvalue weighted by Crippen LogP contribution is 2.48. The van der Waals surface area contributed by atoms with E-state index in [1.54, 1.807) is 0 Å². The van der Waals surface area contributed by atoms with Crippen LogP contribution >= 0.6 is 0 Å². The second-order valence-electron chi connectivity index (χ2n) is 4.01. The average molecular weight is 138 g/mol. The van der Waals surface area contributed by atoms with Gasteiger partial charge in [-0.1, -0.05) is 13.8 Å². The molecular weight excluding hydrogens is 124 g/mol. The van der Waals surface area contributed by atoms with Gasteiger partial charge in [-0.25, -0.2) is 0 Å². The van der Waals surface area contributed by atoms with E-state index in [0.717, 1.165) is 12.3 Å². The van der Waals surface area contributed by atoms with Gasteiger partial charge in [0, 0.05) is 11.8 Å².